The van der Waals surface area contributed by atoms with Crippen molar-refractivity contribution in [1.82, 2.24) is 9.97 Å². The number of hydrogen-bond acceptors (Lipinski definition) is 4. The smallest absolute Gasteiger partial charge is 0.227 e. The van der Waals surface area contributed by atoms with Crippen LogP contribution in [0, 0.1) is 0 Å². The van der Waals surface area contributed by atoms with Crippen LogP contribution in [-0.2, 0) is 0 Å². The molecule has 0 fully saturated rings. The number of benzene rings is 3. The maximum atomic E-state index is 5.85. The van der Waals surface area contributed by atoms with Gasteiger partial charge in [0.25, 0.3) is 0 Å². The Morgan fingerprint density at radius 2 is 1.33 bits per heavy atom. The van der Waals surface area contributed by atoms with Crippen LogP contribution >= 0.6 is 0 Å². The molecule has 4 nitrogen and oxygen atoms in total. The summed E-state index contributed by atoms with van der Waals surface area (Å²) in [6, 6.07) is 26.5. The van der Waals surface area contributed by atoms with Crippen molar-refractivity contribution in [3.05, 3.63) is 91.3 Å². The van der Waals surface area contributed by atoms with Crippen molar-refractivity contribution in [3.8, 4) is 28.0 Å². The molecule has 0 bridgehead atoms. The van der Waals surface area contributed by atoms with Crippen molar-refractivity contribution in [2.24, 2.45) is 0 Å². The number of nitrogens with zero attached hydrogens (tertiary/aromatic N) is 2. The van der Waals surface area contributed by atoms with Gasteiger partial charge in [-0.2, -0.15) is 0 Å². The number of ether oxygens (including phenoxy) is 1. The average Bonchev–Trinajstić information content (AvgIpc) is 2.75. The Labute approximate surface area is 158 Å². The number of rotatable bonds is 5. The fourth-order valence-electron chi connectivity index (χ4n) is 3.13. The Balaban J connectivity index is 1.91. The zero-order chi connectivity index (χ0) is 18.5. The van der Waals surface area contributed by atoms with Crippen LogP contribution in [0.2, 0.25) is 0 Å². The van der Waals surface area contributed by atoms with E-state index in [0.717, 1.165) is 33.7 Å². The van der Waals surface area contributed by atoms with Crippen LogP contribution in [0.15, 0.2) is 91.3 Å². The van der Waals surface area contributed by atoms with Crippen molar-refractivity contribution in [2.75, 3.05) is 12.4 Å². The molecule has 0 aliphatic rings. The van der Waals surface area contributed by atoms with Gasteiger partial charge in [-0.15, -0.1) is 0 Å². The lowest BCUT2D eigenvalue weighted by molar-refractivity contribution is 0.418. The van der Waals surface area contributed by atoms with Gasteiger partial charge in [-0.3, -0.25) is 0 Å². The second-order valence-electron chi connectivity index (χ2n) is 6.00. The molecule has 132 valence electrons. The summed E-state index contributed by atoms with van der Waals surface area (Å²) in [6.45, 7) is 0. The summed E-state index contributed by atoms with van der Waals surface area (Å²) in [6.07, 6.45) is 3.41. The average molecular weight is 353 g/mol. The largest absolute Gasteiger partial charge is 0.494 e. The first-order valence-electron chi connectivity index (χ1n) is 8.72. The fraction of sp³-hybridized carbons (Fsp3) is 0.0435. The Morgan fingerprint density at radius 1 is 0.704 bits per heavy atom. The maximum Gasteiger partial charge on any atom is 0.227 e. The molecule has 0 saturated heterocycles. The van der Waals surface area contributed by atoms with Crippen LogP contribution in [0.5, 0.6) is 5.75 Å². The Morgan fingerprint density at radius 3 is 1.96 bits per heavy atom. The van der Waals surface area contributed by atoms with Gasteiger partial charge >= 0.3 is 0 Å². The minimum Gasteiger partial charge on any atom is -0.494 e. The van der Waals surface area contributed by atoms with Gasteiger partial charge in [0.15, 0.2) is 5.75 Å². The van der Waals surface area contributed by atoms with Crippen molar-refractivity contribution < 1.29 is 4.74 Å². The lowest BCUT2D eigenvalue weighted by atomic mass is 9.93. The van der Waals surface area contributed by atoms with E-state index < -0.39 is 0 Å². The second-order valence-corrected chi connectivity index (χ2v) is 6.00. The van der Waals surface area contributed by atoms with Gasteiger partial charge in [-0.05, 0) is 28.8 Å². The molecule has 0 unspecified atom stereocenters. The van der Waals surface area contributed by atoms with Gasteiger partial charge in [-0.25, -0.2) is 9.97 Å². The Kier molecular flexibility index (Phi) is 4.79. The molecule has 3 aromatic carbocycles. The molecule has 0 amide bonds. The van der Waals surface area contributed by atoms with Crippen molar-refractivity contribution in [3.63, 3.8) is 0 Å². The van der Waals surface area contributed by atoms with E-state index in [1.807, 2.05) is 42.5 Å². The van der Waals surface area contributed by atoms with Gasteiger partial charge in [0.05, 0.1) is 12.8 Å². The van der Waals surface area contributed by atoms with Gasteiger partial charge in [0.2, 0.25) is 5.95 Å². The standard InChI is InChI=1S/C23H19N3O/c1-27-22-20(26-23-24-15-8-16-25-23)14-13-19(17-9-4-2-5-10-17)21(22)18-11-6-3-7-12-18/h2-16H,1H3,(H,24,25,26). The predicted octanol–water partition coefficient (Wildman–Crippen LogP) is 5.56. The minimum atomic E-state index is 0.530. The highest BCUT2D eigenvalue weighted by Crippen LogP contribution is 2.44. The molecule has 0 saturated carbocycles. The highest BCUT2D eigenvalue weighted by molar-refractivity contribution is 5.92. The van der Waals surface area contributed by atoms with E-state index >= 15 is 0 Å². The molecule has 0 radical (unpaired) electrons. The SMILES string of the molecule is COc1c(Nc2ncccn2)ccc(-c2ccccc2)c1-c1ccccc1. The van der Waals surface area contributed by atoms with E-state index in [1.54, 1.807) is 25.6 Å². The van der Waals surface area contributed by atoms with Crippen LogP contribution in [0.3, 0.4) is 0 Å². The van der Waals surface area contributed by atoms with Crippen LogP contribution in [0.25, 0.3) is 22.3 Å². The molecule has 1 aromatic heterocycles. The molecular weight excluding hydrogens is 334 g/mol. The monoisotopic (exact) mass is 353 g/mol. The normalized spacial score (nSPS) is 10.4. The van der Waals surface area contributed by atoms with Crippen molar-refractivity contribution >= 4 is 11.6 Å². The van der Waals surface area contributed by atoms with Crippen molar-refractivity contribution in [2.45, 2.75) is 0 Å². The molecule has 4 aromatic rings. The quantitative estimate of drug-likeness (QED) is 0.510. The third-order valence-corrected chi connectivity index (χ3v) is 4.32. The summed E-state index contributed by atoms with van der Waals surface area (Å²) in [5, 5.41) is 3.27. The molecule has 0 aliphatic heterocycles. The second kappa shape index (κ2) is 7.70. The van der Waals surface area contributed by atoms with E-state index in [-0.39, 0.29) is 0 Å². The van der Waals surface area contributed by atoms with Crippen LogP contribution < -0.4 is 10.1 Å². The summed E-state index contributed by atoms with van der Waals surface area (Å²) < 4.78 is 5.85. The molecule has 27 heavy (non-hydrogen) atoms. The van der Waals surface area contributed by atoms with E-state index in [1.165, 1.54) is 0 Å². The number of anilines is 2. The van der Waals surface area contributed by atoms with E-state index in [4.69, 9.17) is 4.74 Å². The fourth-order valence-corrected chi connectivity index (χ4v) is 3.13. The first-order valence-corrected chi connectivity index (χ1v) is 8.72. The summed E-state index contributed by atoms with van der Waals surface area (Å²) in [7, 11) is 1.69. The van der Waals surface area contributed by atoms with E-state index in [2.05, 4.69) is 45.6 Å². The Hall–Kier alpha value is -3.66. The molecule has 0 atom stereocenters. The lowest BCUT2D eigenvalue weighted by Crippen LogP contribution is -2.01. The molecule has 4 rings (SSSR count). The molecular formula is C23H19N3O. The van der Waals surface area contributed by atoms with Crippen LogP contribution in [0.4, 0.5) is 11.6 Å². The predicted molar refractivity (Wildman–Crippen MR) is 109 cm³/mol. The maximum absolute atomic E-state index is 5.85. The summed E-state index contributed by atoms with van der Waals surface area (Å²) in [4.78, 5) is 8.51. The summed E-state index contributed by atoms with van der Waals surface area (Å²) in [5.74, 6) is 1.29. The Bertz CT molecular complexity index is 1020. The molecule has 0 spiro atoms. The summed E-state index contributed by atoms with van der Waals surface area (Å²) in [5.41, 5.74) is 5.19. The zero-order valence-corrected chi connectivity index (χ0v) is 15.0. The van der Waals surface area contributed by atoms with Gasteiger partial charge in [0.1, 0.15) is 0 Å². The van der Waals surface area contributed by atoms with Crippen LogP contribution in [0.1, 0.15) is 0 Å². The van der Waals surface area contributed by atoms with Crippen molar-refractivity contribution in [1.29, 1.82) is 0 Å². The molecule has 4 heteroatoms. The number of methoxy groups -OCH3 is 1. The highest BCUT2D eigenvalue weighted by atomic mass is 16.5. The highest BCUT2D eigenvalue weighted by Gasteiger charge is 2.17. The number of aromatic nitrogens is 2. The van der Waals surface area contributed by atoms with Gasteiger partial charge in [0, 0.05) is 18.0 Å². The first kappa shape index (κ1) is 16.8. The van der Waals surface area contributed by atoms with Crippen LogP contribution in [-0.4, -0.2) is 17.1 Å². The van der Waals surface area contributed by atoms with Gasteiger partial charge in [-0.1, -0.05) is 66.7 Å². The number of hydrogen-bond donors (Lipinski definition) is 1. The first-order chi connectivity index (χ1) is 13.4. The third kappa shape index (κ3) is 3.51. The number of nitrogens with one attached hydrogen (secondary N) is 1. The zero-order valence-electron chi connectivity index (χ0n) is 15.0. The third-order valence-electron chi connectivity index (χ3n) is 4.32. The molecule has 1 heterocycles. The van der Waals surface area contributed by atoms with E-state index in [9.17, 15) is 0 Å². The lowest BCUT2D eigenvalue weighted by Gasteiger charge is -2.19. The molecule has 0 aliphatic carbocycles. The van der Waals surface area contributed by atoms with Gasteiger partial charge < -0.3 is 10.1 Å². The minimum absolute atomic E-state index is 0.530. The van der Waals surface area contributed by atoms with E-state index in [0.29, 0.717) is 5.95 Å². The molecule has 1 N–H and O–H groups in total. The topological polar surface area (TPSA) is 47.0 Å². The summed E-state index contributed by atoms with van der Waals surface area (Å²) >= 11 is 0.